The van der Waals surface area contributed by atoms with E-state index < -0.39 is 17.9 Å². The van der Waals surface area contributed by atoms with Gasteiger partial charge in [0.25, 0.3) is 0 Å². The van der Waals surface area contributed by atoms with Gasteiger partial charge in [-0.2, -0.15) is 0 Å². The zero-order chi connectivity index (χ0) is 15.6. The zero-order valence-electron chi connectivity index (χ0n) is 11.7. The van der Waals surface area contributed by atoms with Crippen molar-refractivity contribution in [1.82, 2.24) is 4.90 Å². The van der Waals surface area contributed by atoms with Crippen molar-refractivity contribution in [2.24, 2.45) is 5.92 Å². The molecular weight excluding hydrogens is 313 g/mol. The van der Waals surface area contributed by atoms with Crippen molar-refractivity contribution in [3.63, 3.8) is 0 Å². The molecule has 1 aliphatic heterocycles. The summed E-state index contributed by atoms with van der Waals surface area (Å²) in [7, 11) is 0. The predicted molar refractivity (Wildman–Crippen MR) is 81.6 cm³/mol. The maximum absolute atomic E-state index is 12.3. The van der Waals surface area contributed by atoms with E-state index in [9.17, 15) is 14.7 Å². The molecule has 2 rings (SSSR count). The number of rotatable bonds is 3. The normalized spacial score (nSPS) is 23.0. The quantitative estimate of drug-likeness (QED) is 0.918. The van der Waals surface area contributed by atoms with E-state index in [1.165, 1.54) is 0 Å². The molecule has 2 unspecified atom stereocenters. The highest BCUT2D eigenvalue weighted by Gasteiger charge is 2.38. The number of hydrogen-bond acceptors (Lipinski definition) is 2. The first-order valence-electron chi connectivity index (χ1n) is 6.93. The molecule has 0 radical (unpaired) electrons. The maximum Gasteiger partial charge on any atom is 0.308 e. The van der Waals surface area contributed by atoms with Crippen LogP contribution < -0.4 is 0 Å². The van der Waals surface area contributed by atoms with E-state index in [2.05, 4.69) is 0 Å². The van der Waals surface area contributed by atoms with E-state index in [4.69, 9.17) is 23.2 Å². The number of amides is 1. The Labute approximate surface area is 133 Å². The molecule has 6 heteroatoms. The van der Waals surface area contributed by atoms with E-state index in [0.29, 0.717) is 41.4 Å². The van der Waals surface area contributed by atoms with Crippen molar-refractivity contribution in [2.75, 3.05) is 6.54 Å². The highest BCUT2D eigenvalue weighted by molar-refractivity contribution is 6.33. The Balaban J connectivity index is 2.56. The minimum Gasteiger partial charge on any atom is -0.481 e. The average molecular weight is 330 g/mol. The Bertz CT molecular complexity index is 560. The van der Waals surface area contributed by atoms with Gasteiger partial charge in [-0.3, -0.25) is 9.59 Å². The first kappa shape index (κ1) is 16.1. The molecule has 2 atom stereocenters. The first-order chi connectivity index (χ1) is 9.95. The van der Waals surface area contributed by atoms with Crippen molar-refractivity contribution in [1.29, 1.82) is 0 Å². The van der Waals surface area contributed by atoms with Crippen LogP contribution in [0.5, 0.6) is 0 Å². The van der Waals surface area contributed by atoms with Crippen LogP contribution in [0.15, 0.2) is 18.2 Å². The van der Waals surface area contributed by atoms with Crippen LogP contribution in [0, 0.1) is 5.92 Å². The summed E-state index contributed by atoms with van der Waals surface area (Å²) in [6, 6.07) is 4.37. The van der Waals surface area contributed by atoms with Crippen molar-refractivity contribution in [3.8, 4) is 0 Å². The second-order valence-electron chi connectivity index (χ2n) is 5.13. The number of carbonyl (C=O) groups is 2. The molecule has 1 fully saturated rings. The van der Waals surface area contributed by atoms with Gasteiger partial charge in [-0.05, 0) is 43.5 Å². The van der Waals surface area contributed by atoms with Gasteiger partial charge in [-0.1, -0.05) is 23.2 Å². The van der Waals surface area contributed by atoms with Gasteiger partial charge in [-0.15, -0.1) is 0 Å². The summed E-state index contributed by atoms with van der Waals surface area (Å²) in [6.07, 6.45) is 1.39. The fourth-order valence-corrected chi connectivity index (χ4v) is 3.31. The fraction of sp³-hybridized carbons (Fsp3) is 0.467. The van der Waals surface area contributed by atoms with Crippen molar-refractivity contribution < 1.29 is 14.7 Å². The van der Waals surface area contributed by atoms with E-state index >= 15 is 0 Å². The number of carboxylic acids is 1. The molecule has 114 valence electrons. The highest BCUT2D eigenvalue weighted by atomic mass is 35.5. The Kier molecular flexibility index (Phi) is 5.12. The van der Waals surface area contributed by atoms with Gasteiger partial charge in [0.15, 0.2) is 0 Å². The van der Waals surface area contributed by atoms with Gasteiger partial charge < -0.3 is 10.0 Å². The monoisotopic (exact) mass is 329 g/mol. The van der Waals surface area contributed by atoms with Crippen LogP contribution in [-0.4, -0.2) is 28.4 Å². The van der Waals surface area contributed by atoms with Crippen molar-refractivity contribution in [2.45, 2.75) is 32.2 Å². The third-order valence-corrected chi connectivity index (χ3v) is 4.46. The predicted octanol–water partition coefficient (Wildman–Crippen LogP) is 3.77. The molecule has 21 heavy (non-hydrogen) atoms. The topological polar surface area (TPSA) is 57.6 Å². The second kappa shape index (κ2) is 6.67. The van der Waals surface area contributed by atoms with Crippen LogP contribution in [0.25, 0.3) is 0 Å². The van der Waals surface area contributed by atoms with E-state index in [-0.39, 0.29) is 5.91 Å². The van der Waals surface area contributed by atoms with Crippen molar-refractivity contribution in [3.05, 3.63) is 33.8 Å². The standard InChI is InChI=1S/C15H17Cl2NO3/c1-2-18-13(19)5-3-4-10(15(20)21)14(18)11-8-9(16)6-7-12(11)17/h6-8,10,14H,2-5H2,1H3,(H,20,21). The smallest absolute Gasteiger partial charge is 0.308 e. The minimum absolute atomic E-state index is 0.0395. The number of benzene rings is 1. The summed E-state index contributed by atoms with van der Waals surface area (Å²) in [5.41, 5.74) is 0.605. The summed E-state index contributed by atoms with van der Waals surface area (Å²) in [6.45, 7) is 2.28. The Hall–Kier alpha value is -1.26. The molecule has 1 N–H and O–H groups in total. The van der Waals surface area contributed by atoms with Gasteiger partial charge >= 0.3 is 5.97 Å². The molecule has 0 aliphatic carbocycles. The molecule has 1 aliphatic rings. The van der Waals surface area contributed by atoms with Gasteiger partial charge in [0.1, 0.15) is 0 Å². The molecule has 1 amide bonds. The van der Waals surface area contributed by atoms with Gasteiger partial charge in [-0.25, -0.2) is 0 Å². The van der Waals surface area contributed by atoms with Crippen LogP contribution >= 0.6 is 23.2 Å². The Morgan fingerprint density at radius 1 is 1.43 bits per heavy atom. The third-order valence-electron chi connectivity index (χ3n) is 3.88. The summed E-state index contributed by atoms with van der Waals surface area (Å²) in [5, 5.41) is 10.5. The zero-order valence-corrected chi connectivity index (χ0v) is 13.2. The van der Waals surface area contributed by atoms with E-state index in [1.54, 1.807) is 23.1 Å². The van der Waals surface area contributed by atoms with Crippen LogP contribution in [0.4, 0.5) is 0 Å². The summed E-state index contributed by atoms with van der Waals surface area (Å²) >= 11 is 12.3. The van der Waals surface area contributed by atoms with Crippen LogP contribution in [0.3, 0.4) is 0 Å². The van der Waals surface area contributed by atoms with Crippen LogP contribution in [0.2, 0.25) is 10.0 Å². The first-order valence-corrected chi connectivity index (χ1v) is 7.68. The lowest BCUT2D eigenvalue weighted by Crippen LogP contribution is -2.39. The molecule has 1 heterocycles. The molecule has 0 aromatic heterocycles. The number of hydrogen-bond donors (Lipinski definition) is 1. The van der Waals surface area contributed by atoms with Crippen molar-refractivity contribution >= 4 is 35.1 Å². The molecule has 1 saturated heterocycles. The lowest BCUT2D eigenvalue weighted by molar-refractivity contribution is -0.146. The molecule has 0 bridgehead atoms. The largest absolute Gasteiger partial charge is 0.481 e. The summed E-state index contributed by atoms with van der Waals surface area (Å²) in [5.74, 6) is -1.63. The molecule has 0 saturated carbocycles. The maximum atomic E-state index is 12.3. The van der Waals surface area contributed by atoms with Gasteiger partial charge in [0.2, 0.25) is 5.91 Å². The lowest BCUT2D eigenvalue weighted by atomic mass is 9.89. The number of nitrogens with zero attached hydrogens (tertiary/aromatic N) is 1. The van der Waals surface area contributed by atoms with Gasteiger partial charge in [0, 0.05) is 23.0 Å². The van der Waals surface area contributed by atoms with Crippen LogP contribution in [-0.2, 0) is 9.59 Å². The molecule has 0 spiro atoms. The molecule has 1 aromatic carbocycles. The van der Waals surface area contributed by atoms with Gasteiger partial charge in [0.05, 0.1) is 12.0 Å². The number of carbonyl (C=O) groups excluding carboxylic acids is 1. The number of aliphatic carboxylic acids is 1. The molecule has 4 nitrogen and oxygen atoms in total. The summed E-state index contributed by atoms with van der Waals surface area (Å²) in [4.78, 5) is 25.5. The SMILES string of the molecule is CCN1C(=O)CCCC(C(=O)O)C1c1cc(Cl)ccc1Cl. The van der Waals surface area contributed by atoms with Crippen LogP contribution in [0.1, 0.15) is 37.8 Å². The second-order valence-corrected chi connectivity index (χ2v) is 5.97. The number of carboxylic acid groups (broad SMARTS) is 1. The highest BCUT2D eigenvalue weighted by Crippen LogP contribution is 2.39. The summed E-state index contributed by atoms with van der Waals surface area (Å²) < 4.78 is 0. The average Bonchev–Trinajstić information content (AvgIpc) is 2.60. The molecular formula is C15H17Cl2NO3. The molecule has 1 aromatic rings. The third kappa shape index (κ3) is 3.33. The van der Waals surface area contributed by atoms with E-state index in [1.807, 2.05) is 6.92 Å². The van der Waals surface area contributed by atoms with E-state index in [0.717, 1.165) is 0 Å². The number of halogens is 2. The fourth-order valence-electron chi connectivity index (χ4n) is 2.90. The number of likely N-dealkylation sites (tertiary alicyclic amines) is 1. The lowest BCUT2D eigenvalue weighted by Gasteiger charge is -2.33. The Morgan fingerprint density at radius 2 is 2.14 bits per heavy atom. The minimum atomic E-state index is -0.913. The Morgan fingerprint density at radius 3 is 2.76 bits per heavy atom.